The van der Waals surface area contributed by atoms with Gasteiger partial charge in [0.25, 0.3) is 11.8 Å². The molecule has 0 saturated carbocycles. The highest BCUT2D eigenvalue weighted by Crippen LogP contribution is 2.28. The van der Waals surface area contributed by atoms with Gasteiger partial charge in [0.1, 0.15) is 17.3 Å². The molecule has 0 atom stereocenters. The minimum atomic E-state index is -0.721. The maximum Gasteiger partial charge on any atom is 0.270 e. The molecule has 5 nitrogen and oxygen atoms in total. The van der Waals surface area contributed by atoms with Crippen LogP contribution < -0.4 is 10.6 Å². The van der Waals surface area contributed by atoms with Crippen LogP contribution in [-0.2, 0) is 6.54 Å². The number of amides is 2. The summed E-state index contributed by atoms with van der Waals surface area (Å²) in [6.07, 6.45) is 0. The second-order valence-corrected chi connectivity index (χ2v) is 7.20. The lowest BCUT2D eigenvalue weighted by Gasteiger charge is -2.09. The summed E-state index contributed by atoms with van der Waals surface area (Å²) in [5.74, 6) is -2.31. The number of benzene rings is 3. The van der Waals surface area contributed by atoms with Crippen molar-refractivity contribution in [3.05, 3.63) is 101 Å². The molecule has 0 unspecified atom stereocenters. The summed E-state index contributed by atoms with van der Waals surface area (Å²) in [6.45, 7) is 1.85. The minimum absolute atomic E-state index is 0.0752. The van der Waals surface area contributed by atoms with Crippen LogP contribution in [0.5, 0.6) is 0 Å². The first-order chi connectivity index (χ1) is 14.9. The topological polar surface area (TPSA) is 74.0 Å². The second kappa shape index (κ2) is 8.39. The Kier molecular flexibility index (Phi) is 5.49. The molecule has 0 saturated heterocycles. The SMILES string of the molecule is Cc1ccc(C(=O)Nc2c(C(=O)NCc3cc(F)cc(F)c3)[nH]c3ccccc23)cc1. The Balaban J connectivity index is 1.61. The van der Waals surface area contributed by atoms with E-state index < -0.39 is 17.5 Å². The summed E-state index contributed by atoms with van der Waals surface area (Å²) < 4.78 is 26.8. The van der Waals surface area contributed by atoms with E-state index in [0.29, 0.717) is 22.2 Å². The molecule has 7 heteroatoms. The van der Waals surface area contributed by atoms with Gasteiger partial charge in [-0.3, -0.25) is 9.59 Å². The molecule has 0 aliphatic carbocycles. The highest BCUT2D eigenvalue weighted by Gasteiger charge is 2.20. The van der Waals surface area contributed by atoms with Crippen molar-refractivity contribution in [1.82, 2.24) is 10.3 Å². The van der Waals surface area contributed by atoms with Gasteiger partial charge in [0, 0.05) is 29.1 Å². The number of anilines is 1. The Labute approximate surface area is 177 Å². The number of H-pyrrole nitrogens is 1. The third-order valence-electron chi connectivity index (χ3n) is 4.86. The van der Waals surface area contributed by atoms with E-state index in [4.69, 9.17) is 0 Å². The van der Waals surface area contributed by atoms with Crippen LogP contribution in [0, 0.1) is 18.6 Å². The average Bonchev–Trinajstić information content (AvgIpc) is 3.10. The van der Waals surface area contributed by atoms with Crippen molar-refractivity contribution in [2.45, 2.75) is 13.5 Å². The van der Waals surface area contributed by atoms with Crippen molar-refractivity contribution in [1.29, 1.82) is 0 Å². The zero-order chi connectivity index (χ0) is 22.0. The molecule has 3 N–H and O–H groups in total. The maximum absolute atomic E-state index is 13.4. The van der Waals surface area contributed by atoms with Crippen molar-refractivity contribution >= 4 is 28.4 Å². The highest BCUT2D eigenvalue weighted by atomic mass is 19.1. The Morgan fingerprint density at radius 2 is 1.58 bits per heavy atom. The number of fused-ring (bicyclic) bond motifs is 1. The largest absolute Gasteiger partial charge is 0.349 e. The Hall–Kier alpha value is -4.00. The van der Waals surface area contributed by atoms with Gasteiger partial charge in [0.05, 0.1) is 5.69 Å². The van der Waals surface area contributed by atoms with Gasteiger partial charge in [0.15, 0.2) is 0 Å². The molecule has 31 heavy (non-hydrogen) atoms. The quantitative estimate of drug-likeness (QED) is 0.429. The average molecular weight is 419 g/mol. The van der Waals surface area contributed by atoms with Gasteiger partial charge < -0.3 is 15.6 Å². The number of hydrogen-bond acceptors (Lipinski definition) is 2. The third-order valence-corrected chi connectivity index (χ3v) is 4.86. The molecule has 0 radical (unpaired) electrons. The Morgan fingerprint density at radius 3 is 2.29 bits per heavy atom. The van der Waals surface area contributed by atoms with Gasteiger partial charge in [0.2, 0.25) is 0 Å². The molecule has 1 heterocycles. The first-order valence-corrected chi connectivity index (χ1v) is 9.62. The predicted molar refractivity (Wildman–Crippen MR) is 115 cm³/mol. The first kappa shape index (κ1) is 20.3. The zero-order valence-corrected chi connectivity index (χ0v) is 16.6. The van der Waals surface area contributed by atoms with Gasteiger partial charge in [-0.2, -0.15) is 0 Å². The van der Waals surface area contributed by atoms with Crippen molar-refractivity contribution in [3.8, 4) is 0 Å². The Morgan fingerprint density at radius 1 is 0.903 bits per heavy atom. The number of aromatic nitrogens is 1. The normalized spacial score (nSPS) is 10.8. The van der Waals surface area contributed by atoms with E-state index in [2.05, 4.69) is 15.6 Å². The molecule has 0 aliphatic heterocycles. The molecular formula is C24H19F2N3O2. The summed E-state index contributed by atoms with van der Waals surface area (Å²) in [4.78, 5) is 28.6. The van der Waals surface area contributed by atoms with Gasteiger partial charge in [-0.15, -0.1) is 0 Å². The maximum atomic E-state index is 13.4. The van der Waals surface area contributed by atoms with Crippen LogP contribution in [0.15, 0.2) is 66.7 Å². The number of halogens is 2. The lowest BCUT2D eigenvalue weighted by molar-refractivity contribution is 0.0947. The van der Waals surface area contributed by atoms with E-state index in [-0.39, 0.29) is 23.7 Å². The van der Waals surface area contributed by atoms with Crippen LogP contribution in [0.1, 0.15) is 32.0 Å². The summed E-state index contributed by atoms with van der Waals surface area (Å²) in [6, 6.07) is 17.3. The van der Waals surface area contributed by atoms with E-state index in [1.807, 2.05) is 25.1 Å². The van der Waals surface area contributed by atoms with Crippen molar-refractivity contribution in [2.75, 3.05) is 5.32 Å². The number of para-hydroxylation sites is 1. The number of rotatable bonds is 5. The van der Waals surface area contributed by atoms with E-state index in [1.54, 1.807) is 30.3 Å². The highest BCUT2D eigenvalue weighted by molar-refractivity contribution is 6.15. The molecule has 0 fully saturated rings. The molecule has 2 amide bonds. The summed E-state index contributed by atoms with van der Waals surface area (Å²) >= 11 is 0. The predicted octanol–water partition coefficient (Wildman–Crippen LogP) is 4.94. The number of carbonyl (C=O) groups is 2. The molecule has 0 aliphatic rings. The van der Waals surface area contributed by atoms with Gasteiger partial charge in [-0.1, -0.05) is 35.9 Å². The molecule has 1 aromatic heterocycles. The van der Waals surface area contributed by atoms with Crippen LogP contribution in [-0.4, -0.2) is 16.8 Å². The fourth-order valence-electron chi connectivity index (χ4n) is 3.32. The van der Waals surface area contributed by atoms with E-state index in [1.165, 1.54) is 0 Å². The standard InChI is InChI=1S/C24H19F2N3O2/c1-14-6-8-16(9-7-14)23(30)29-21-19-4-2-3-5-20(19)28-22(21)24(31)27-13-15-10-17(25)12-18(26)11-15/h2-12,28H,13H2,1H3,(H,27,31)(H,29,30). The number of carbonyl (C=O) groups excluding carboxylic acids is 2. The zero-order valence-electron chi connectivity index (χ0n) is 16.6. The smallest absolute Gasteiger partial charge is 0.270 e. The van der Waals surface area contributed by atoms with Crippen LogP contribution >= 0.6 is 0 Å². The second-order valence-electron chi connectivity index (χ2n) is 7.20. The van der Waals surface area contributed by atoms with E-state index >= 15 is 0 Å². The third kappa shape index (κ3) is 4.45. The molecule has 0 spiro atoms. The first-order valence-electron chi connectivity index (χ1n) is 9.62. The number of hydrogen-bond donors (Lipinski definition) is 3. The fourth-order valence-corrected chi connectivity index (χ4v) is 3.32. The van der Waals surface area contributed by atoms with Crippen molar-refractivity contribution in [2.24, 2.45) is 0 Å². The van der Waals surface area contributed by atoms with Crippen molar-refractivity contribution < 1.29 is 18.4 Å². The van der Waals surface area contributed by atoms with Crippen LogP contribution in [0.4, 0.5) is 14.5 Å². The van der Waals surface area contributed by atoms with Gasteiger partial charge in [-0.05, 0) is 42.8 Å². The molecule has 0 bridgehead atoms. The van der Waals surface area contributed by atoms with Gasteiger partial charge in [-0.25, -0.2) is 8.78 Å². The summed E-state index contributed by atoms with van der Waals surface area (Å²) in [7, 11) is 0. The number of aromatic amines is 1. The molecule has 156 valence electrons. The number of nitrogens with one attached hydrogen (secondary N) is 3. The fraction of sp³-hybridized carbons (Fsp3) is 0.0833. The number of aryl methyl sites for hydroxylation is 1. The van der Waals surface area contributed by atoms with Crippen molar-refractivity contribution in [3.63, 3.8) is 0 Å². The lowest BCUT2D eigenvalue weighted by Crippen LogP contribution is -2.25. The molecule has 4 rings (SSSR count). The summed E-state index contributed by atoms with van der Waals surface area (Å²) in [5, 5.41) is 6.12. The van der Waals surface area contributed by atoms with Crippen LogP contribution in [0.25, 0.3) is 10.9 Å². The monoisotopic (exact) mass is 419 g/mol. The summed E-state index contributed by atoms with van der Waals surface area (Å²) in [5.41, 5.74) is 2.92. The molecule has 3 aromatic carbocycles. The minimum Gasteiger partial charge on any atom is -0.349 e. The Bertz CT molecular complexity index is 1260. The van der Waals surface area contributed by atoms with Gasteiger partial charge >= 0.3 is 0 Å². The molecule has 4 aromatic rings. The molecular weight excluding hydrogens is 400 g/mol. The van der Waals surface area contributed by atoms with Crippen LogP contribution in [0.2, 0.25) is 0 Å². The van der Waals surface area contributed by atoms with E-state index in [0.717, 1.165) is 23.8 Å². The lowest BCUT2D eigenvalue weighted by atomic mass is 10.1. The van der Waals surface area contributed by atoms with E-state index in [9.17, 15) is 18.4 Å². The van der Waals surface area contributed by atoms with Crippen LogP contribution in [0.3, 0.4) is 0 Å².